The molecular formula is C22H16F3N3O3. The van der Waals surface area contributed by atoms with Crippen LogP contribution < -0.4 is 15.0 Å². The van der Waals surface area contributed by atoms with Gasteiger partial charge in [0.2, 0.25) is 0 Å². The summed E-state index contributed by atoms with van der Waals surface area (Å²) in [5.41, 5.74) is -2.78. The van der Waals surface area contributed by atoms with Gasteiger partial charge in [0.05, 0.1) is 31.7 Å². The molecule has 0 amide bonds. The number of halogens is 3. The van der Waals surface area contributed by atoms with Crippen LogP contribution in [0, 0.1) is 11.3 Å². The largest absolute Gasteiger partial charge is 0.493 e. The maximum absolute atomic E-state index is 13.5. The van der Waals surface area contributed by atoms with Crippen LogP contribution in [0.4, 0.5) is 13.2 Å². The number of aromatic nitrogens is 1. The molecule has 0 atom stereocenters. The highest BCUT2D eigenvalue weighted by Crippen LogP contribution is 2.33. The molecule has 0 saturated heterocycles. The number of ether oxygens (including phenoxy) is 2. The number of methoxy groups -OCH3 is 2. The molecule has 0 bridgehead atoms. The number of nitriles is 1. The van der Waals surface area contributed by atoms with Crippen LogP contribution in [0.15, 0.2) is 64.5 Å². The summed E-state index contributed by atoms with van der Waals surface area (Å²) in [7, 11) is 2.93. The highest BCUT2D eigenvalue weighted by atomic mass is 19.4. The molecule has 0 radical (unpaired) electrons. The van der Waals surface area contributed by atoms with E-state index in [9.17, 15) is 23.2 Å². The van der Waals surface area contributed by atoms with Gasteiger partial charge in [-0.25, -0.2) is 0 Å². The molecule has 0 saturated carbocycles. The lowest BCUT2D eigenvalue weighted by molar-refractivity contribution is -0.137. The summed E-state index contributed by atoms with van der Waals surface area (Å²) in [5, 5.41) is 13.3. The Morgan fingerprint density at radius 3 is 2.29 bits per heavy atom. The molecule has 0 aliphatic heterocycles. The van der Waals surface area contributed by atoms with Crippen LogP contribution in [0.25, 0.3) is 11.3 Å². The van der Waals surface area contributed by atoms with Crippen molar-refractivity contribution in [3.05, 3.63) is 81.6 Å². The predicted molar refractivity (Wildman–Crippen MR) is 108 cm³/mol. The van der Waals surface area contributed by atoms with E-state index in [-0.39, 0.29) is 5.69 Å². The minimum Gasteiger partial charge on any atom is -0.493 e. The molecule has 3 rings (SSSR count). The monoisotopic (exact) mass is 427 g/mol. The molecule has 0 aliphatic rings. The molecule has 6 nitrogen and oxygen atoms in total. The summed E-state index contributed by atoms with van der Waals surface area (Å²) in [5.74, 6) is 0.885. The fraction of sp³-hybridized carbons (Fsp3) is 0.136. The molecule has 2 aromatic carbocycles. The number of nitrogens with zero attached hydrogens (tertiary/aromatic N) is 3. The average molecular weight is 427 g/mol. The zero-order valence-electron chi connectivity index (χ0n) is 16.5. The van der Waals surface area contributed by atoms with Gasteiger partial charge in [-0.05, 0) is 29.8 Å². The number of hydrogen-bond acceptors (Lipinski definition) is 5. The van der Waals surface area contributed by atoms with E-state index in [1.54, 1.807) is 48.5 Å². The van der Waals surface area contributed by atoms with Gasteiger partial charge in [0.1, 0.15) is 11.6 Å². The van der Waals surface area contributed by atoms with Crippen molar-refractivity contribution in [2.45, 2.75) is 6.18 Å². The Balaban J connectivity index is 2.23. The van der Waals surface area contributed by atoms with Gasteiger partial charge < -0.3 is 9.47 Å². The van der Waals surface area contributed by atoms with Crippen LogP contribution in [0.2, 0.25) is 0 Å². The van der Waals surface area contributed by atoms with E-state index >= 15 is 0 Å². The second-order valence-electron chi connectivity index (χ2n) is 6.27. The van der Waals surface area contributed by atoms with Gasteiger partial charge in [-0.15, -0.1) is 0 Å². The van der Waals surface area contributed by atoms with Crippen molar-refractivity contribution in [3.8, 4) is 28.8 Å². The van der Waals surface area contributed by atoms with E-state index in [4.69, 9.17) is 9.47 Å². The Labute approximate surface area is 175 Å². The van der Waals surface area contributed by atoms with E-state index in [1.807, 2.05) is 0 Å². The third-order valence-electron chi connectivity index (χ3n) is 4.40. The van der Waals surface area contributed by atoms with Crippen LogP contribution in [0.1, 0.15) is 16.7 Å². The fourth-order valence-corrected chi connectivity index (χ4v) is 2.92. The van der Waals surface area contributed by atoms with E-state index in [0.29, 0.717) is 22.6 Å². The Morgan fingerprint density at radius 2 is 1.71 bits per heavy atom. The quantitative estimate of drug-likeness (QED) is 0.569. The maximum atomic E-state index is 13.5. The van der Waals surface area contributed by atoms with Crippen molar-refractivity contribution in [1.29, 1.82) is 5.26 Å². The Morgan fingerprint density at radius 1 is 1.03 bits per heavy atom. The normalized spacial score (nSPS) is 11.4. The maximum Gasteiger partial charge on any atom is 0.417 e. The zero-order chi connectivity index (χ0) is 22.6. The minimum absolute atomic E-state index is 0.103. The summed E-state index contributed by atoms with van der Waals surface area (Å²) in [4.78, 5) is 12.8. The van der Waals surface area contributed by atoms with Gasteiger partial charge >= 0.3 is 6.18 Å². The lowest BCUT2D eigenvalue weighted by atomic mass is 10.0. The standard InChI is InChI=1S/C22H16F3N3O3/c1-30-19-9-8-14(10-20(19)31-2)13-27-28-18(15-6-4-3-5-7-15)11-17(22(23,24)25)16(12-26)21(28)29/h3-11,13H,1-2H3/b27-13+. The molecule has 3 aromatic rings. The molecule has 0 N–H and O–H groups in total. The Kier molecular flexibility index (Phi) is 6.11. The first-order valence-corrected chi connectivity index (χ1v) is 8.89. The van der Waals surface area contributed by atoms with Gasteiger partial charge in [-0.2, -0.15) is 28.2 Å². The Bertz CT molecular complexity index is 1230. The van der Waals surface area contributed by atoms with Crippen LogP contribution in [0.5, 0.6) is 11.5 Å². The van der Waals surface area contributed by atoms with Gasteiger partial charge in [0, 0.05) is 5.56 Å². The number of hydrogen-bond donors (Lipinski definition) is 0. The lowest BCUT2D eigenvalue weighted by Gasteiger charge is -2.14. The lowest BCUT2D eigenvalue weighted by Crippen LogP contribution is -2.26. The third-order valence-corrected chi connectivity index (χ3v) is 4.40. The predicted octanol–water partition coefficient (Wildman–Crippen LogP) is 4.31. The van der Waals surface area contributed by atoms with Crippen LogP contribution >= 0.6 is 0 Å². The molecule has 31 heavy (non-hydrogen) atoms. The molecule has 1 aromatic heterocycles. The number of rotatable bonds is 5. The van der Waals surface area contributed by atoms with Crippen LogP contribution in [-0.4, -0.2) is 25.1 Å². The van der Waals surface area contributed by atoms with E-state index in [0.717, 1.165) is 10.7 Å². The number of pyridine rings is 1. The first kappa shape index (κ1) is 21.6. The molecule has 9 heteroatoms. The highest BCUT2D eigenvalue weighted by Gasteiger charge is 2.36. The average Bonchev–Trinajstić information content (AvgIpc) is 2.77. The van der Waals surface area contributed by atoms with Crippen molar-refractivity contribution >= 4 is 6.21 Å². The van der Waals surface area contributed by atoms with Crippen LogP contribution in [-0.2, 0) is 6.18 Å². The summed E-state index contributed by atoms with van der Waals surface area (Å²) < 4.78 is 51.6. The first-order valence-electron chi connectivity index (χ1n) is 8.89. The molecule has 0 aliphatic carbocycles. The Hall–Kier alpha value is -4.06. The molecule has 158 valence electrons. The van der Waals surface area contributed by atoms with Gasteiger partial charge in [-0.1, -0.05) is 30.3 Å². The summed E-state index contributed by atoms with van der Waals surface area (Å²) in [6.07, 6.45) is -3.59. The van der Waals surface area contributed by atoms with E-state index in [1.165, 1.54) is 26.5 Å². The summed E-state index contributed by atoms with van der Waals surface area (Å²) in [6, 6.07) is 15.0. The number of benzene rings is 2. The second-order valence-corrected chi connectivity index (χ2v) is 6.27. The van der Waals surface area contributed by atoms with Gasteiger partial charge in [0.15, 0.2) is 11.5 Å². The molecule has 0 unspecified atom stereocenters. The fourth-order valence-electron chi connectivity index (χ4n) is 2.92. The van der Waals surface area contributed by atoms with Crippen molar-refractivity contribution in [3.63, 3.8) is 0 Å². The summed E-state index contributed by atoms with van der Waals surface area (Å²) in [6.45, 7) is 0. The smallest absolute Gasteiger partial charge is 0.417 e. The van der Waals surface area contributed by atoms with Crippen molar-refractivity contribution in [2.75, 3.05) is 14.2 Å². The van der Waals surface area contributed by atoms with E-state index < -0.39 is 22.9 Å². The SMILES string of the molecule is COc1ccc(/C=N/n2c(-c3ccccc3)cc(C(F)(F)F)c(C#N)c2=O)cc1OC. The summed E-state index contributed by atoms with van der Waals surface area (Å²) >= 11 is 0. The van der Waals surface area contributed by atoms with E-state index in [2.05, 4.69) is 5.10 Å². The number of alkyl halides is 3. The second kappa shape index (κ2) is 8.75. The third kappa shape index (κ3) is 4.43. The van der Waals surface area contributed by atoms with Crippen molar-refractivity contribution < 1.29 is 22.6 Å². The molecular weight excluding hydrogens is 411 g/mol. The molecule has 0 fully saturated rings. The van der Waals surface area contributed by atoms with Crippen LogP contribution in [0.3, 0.4) is 0 Å². The molecule has 1 heterocycles. The topological polar surface area (TPSA) is 76.6 Å². The minimum atomic E-state index is -4.88. The first-order chi connectivity index (χ1) is 14.8. The highest BCUT2D eigenvalue weighted by molar-refractivity contribution is 5.81. The van der Waals surface area contributed by atoms with Gasteiger partial charge in [0.25, 0.3) is 5.56 Å². The van der Waals surface area contributed by atoms with Crippen molar-refractivity contribution in [1.82, 2.24) is 4.68 Å². The zero-order valence-corrected chi connectivity index (χ0v) is 16.5. The molecule has 0 spiro atoms. The van der Waals surface area contributed by atoms with Gasteiger partial charge in [-0.3, -0.25) is 4.79 Å². The van der Waals surface area contributed by atoms with Crippen molar-refractivity contribution in [2.24, 2.45) is 5.10 Å².